The van der Waals surface area contributed by atoms with Crippen molar-refractivity contribution in [1.29, 1.82) is 0 Å². The monoisotopic (exact) mass is 288 g/mol. The number of benzene rings is 1. The summed E-state index contributed by atoms with van der Waals surface area (Å²) in [5.41, 5.74) is 1.42. The second-order valence-electron chi connectivity index (χ2n) is 5.49. The maximum Gasteiger partial charge on any atom is 0.0472 e. The van der Waals surface area contributed by atoms with E-state index in [1.54, 1.807) is 0 Å². The Hall–Kier alpha value is -1.12. The lowest BCUT2D eigenvalue weighted by Crippen LogP contribution is -2.36. The van der Waals surface area contributed by atoms with Crippen LogP contribution in [-0.2, 0) is 0 Å². The van der Waals surface area contributed by atoms with Gasteiger partial charge in [-0.15, -0.1) is 6.58 Å². The van der Waals surface area contributed by atoms with Gasteiger partial charge in [-0.05, 0) is 44.5 Å². The lowest BCUT2D eigenvalue weighted by molar-refractivity contribution is 0.213. The number of nitrogens with one attached hydrogen (secondary N) is 1. The highest BCUT2D eigenvalue weighted by molar-refractivity contribution is 5.19. The Labute approximate surface area is 131 Å². The van der Waals surface area contributed by atoms with Gasteiger partial charge in [0.1, 0.15) is 0 Å². The van der Waals surface area contributed by atoms with Crippen LogP contribution in [0.5, 0.6) is 0 Å². The first-order chi connectivity index (χ1) is 10.3. The molecule has 0 spiro atoms. The second-order valence-corrected chi connectivity index (χ2v) is 5.49. The van der Waals surface area contributed by atoms with Crippen LogP contribution in [0.4, 0.5) is 0 Å². The number of hydrogen-bond acceptors (Lipinski definition) is 2. The normalized spacial score (nSPS) is 12.5. The summed E-state index contributed by atoms with van der Waals surface area (Å²) in [4.78, 5) is 2.53. The fourth-order valence-electron chi connectivity index (χ4n) is 2.75. The van der Waals surface area contributed by atoms with E-state index in [1.165, 1.54) is 24.8 Å². The van der Waals surface area contributed by atoms with Gasteiger partial charge in [0.2, 0.25) is 0 Å². The van der Waals surface area contributed by atoms with E-state index in [4.69, 9.17) is 0 Å². The van der Waals surface area contributed by atoms with Gasteiger partial charge in [0.25, 0.3) is 0 Å². The molecule has 0 aliphatic rings. The molecule has 1 rings (SSSR count). The molecule has 0 radical (unpaired) electrons. The van der Waals surface area contributed by atoms with Crippen LogP contribution in [0.25, 0.3) is 0 Å². The maximum atomic E-state index is 3.77. The molecular formula is C19H32N2. The molecule has 1 atom stereocenters. The Morgan fingerprint density at radius 2 is 1.81 bits per heavy atom. The van der Waals surface area contributed by atoms with E-state index in [-0.39, 0.29) is 0 Å². The quantitative estimate of drug-likeness (QED) is 0.453. The van der Waals surface area contributed by atoms with Crippen LogP contribution in [0.2, 0.25) is 0 Å². The van der Waals surface area contributed by atoms with Gasteiger partial charge in [-0.3, -0.25) is 4.90 Å². The summed E-state index contributed by atoms with van der Waals surface area (Å²) in [6.07, 6.45) is 6.97. The molecule has 0 aliphatic carbocycles. The second kappa shape index (κ2) is 11.5. The first kappa shape index (κ1) is 17.9. The van der Waals surface area contributed by atoms with Crippen LogP contribution in [0, 0.1) is 0 Å². The highest BCUT2D eigenvalue weighted by atomic mass is 15.2. The molecule has 0 fully saturated rings. The molecule has 0 saturated heterocycles. The predicted molar refractivity (Wildman–Crippen MR) is 93.6 cm³/mol. The van der Waals surface area contributed by atoms with Crippen molar-refractivity contribution in [2.45, 2.75) is 45.6 Å². The van der Waals surface area contributed by atoms with Gasteiger partial charge in [0.15, 0.2) is 0 Å². The molecule has 0 amide bonds. The number of hydrogen-bond donors (Lipinski definition) is 1. The van der Waals surface area contributed by atoms with Gasteiger partial charge in [0.05, 0.1) is 0 Å². The summed E-state index contributed by atoms with van der Waals surface area (Å²) in [5.74, 6) is 0. The van der Waals surface area contributed by atoms with E-state index < -0.39 is 0 Å². The number of allylic oxidation sites excluding steroid dienone is 1. The highest BCUT2D eigenvalue weighted by Gasteiger charge is 2.16. The van der Waals surface area contributed by atoms with E-state index in [0.717, 1.165) is 32.6 Å². The summed E-state index contributed by atoms with van der Waals surface area (Å²) in [7, 11) is 0. The molecule has 1 N–H and O–H groups in total. The Balaban J connectivity index is 2.41. The first-order valence-electron chi connectivity index (χ1n) is 8.44. The zero-order valence-corrected chi connectivity index (χ0v) is 13.9. The summed E-state index contributed by atoms with van der Waals surface area (Å²) in [6.45, 7) is 12.6. The largest absolute Gasteiger partial charge is 0.315 e. The lowest BCUT2D eigenvalue weighted by atomic mass is 10.0. The van der Waals surface area contributed by atoms with E-state index in [2.05, 4.69) is 61.0 Å². The van der Waals surface area contributed by atoms with Crippen LogP contribution >= 0.6 is 0 Å². The third kappa shape index (κ3) is 6.92. The summed E-state index contributed by atoms with van der Waals surface area (Å²) >= 11 is 0. The lowest BCUT2D eigenvalue weighted by Gasteiger charge is -2.30. The molecule has 0 bridgehead atoms. The molecule has 2 heteroatoms. The number of unbranched alkanes of at least 4 members (excludes halogenated alkanes) is 3. The summed E-state index contributed by atoms with van der Waals surface area (Å²) in [5, 5.41) is 3.64. The van der Waals surface area contributed by atoms with Crippen LogP contribution in [0.15, 0.2) is 43.0 Å². The van der Waals surface area contributed by atoms with Crippen molar-refractivity contribution in [2.24, 2.45) is 0 Å². The summed E-state index contributed by atoms with van der Waals surface area (Å²) < 4.78 is 0. The Morgan fingerprint density at radius 1 is 1.10 bits per heavy atom. The van der Waals surface area contributed by atoms with Crippen molar-refractivity contribution in [3.8, 4) is 0 Å². The minimum Gasteiger partial charge on any atom is -0.315 e. The van der Waals surface area contributed by atoms with Gasteiger partial charge in [-0.2, -0.15) is 0 Å². The standard InChI is InChI=1S/C19H32N2/c1-4-7-8-9-13-16-20-17-19(21(5-2)6-3)18-14-11-10-12-15-18/h4,10-12,14-15,19-20H,1,5-9,13,16-17H2,2-3H3. The van der Waals surface area contributed by atoms with Crippen molar-refractivity contribution in [2.75, 3.05) is 26.2 Å². The molecule has 1 unspecified atom stereocenters. The maximum absolute atomic E-state index is 3.77. The predicted octanol–water partition coefficient (Wildman–Crippen LogP) is 4.41. The highest BCUT2D eigenvalue weighted by Crippen LogP contribution is 2.19. The molecule has 21 heavy (non-hydrogen) atoms. The van der Waals surface area contributed by atoms with Crippen molar-refractivity contribution in [1.82, 2.24) is 10.2 Å². The van der Waals surface area contributed by atoms with Gasteiger partial charge in [0, 0.05) is 12.6 Å². The zero-order chi connectivity index (χ0) is 15.3. The molecule has 118 valence electrons. The molecule has 1 aromatic rings. The minimum absolute atomic E-state index is 0.481. The van der Waals surface area contributed by atoms with E-state index in [9.17, 15) is 0 Å². The molecule has 2 nitrogen and oxygen atoms in total. The van der Waals surface area contributed by atoms with E-state index in [0.29, 0.717) is 6.04 Å². The number of nitrogens with zero attached hydrogens (tertiary/aromatic N) is 1. The molecule has 0 aromatic heterocycles. The van der Waals surface area contributed by atoms with Gasteiger partial charge >= 0.3 is 0 Å². The third-order valence-electron chi connectivity index (χ3n) is 4.04. The zero-order valence-electron chi connectivity index (χ0n) is 13.9. The smallest absolute Gasteiger partial charge is 0.0472 e. The Kier molecular flexibility index (Phi) is 9.84. The first-order valence-corrected chi connectivity index (χ1v) is 8.44. The Morgan fingerprint density at radius 3 is 2.43 bits per heavy atom. The van der Waals surface area contributed by atoms with Crippen LogP contribution in [0.1, 0.15) is 51.1 Å². The van der Waals surface area contributed by atoms with Gasteiger partial charge < -0.3 is 5.32 Å². The fraction of sp³-hybridized carbons (Fsp3) is 0.579. The van der Waals surface area contributed by atoms with Crippen molar-refractivity contribution >= 4 is 0 Å². The average Bonchev–Trinajstić information content (AvgIpc) is 2.54. The SMILES string of the molecule is C=CCCCCCNCC(c1ccccc1)N(CC)CC. The topological polar surface area (TPSA) is 15.3 Å². The van der Waals surface area contributed by atoms with E-state index in [1.807, 2.05) is 6.08 Å². The average molecular weight is 288 g/mol. The van der Waals surface area contributed by atoms with E-state index >= 15 is 0 Å². The molecule has 0 aliphatic heterocycles. The van der Waals surface area contributed by atoms with Crippen LogP contribution in [-0.4, -0.2) is 31.1 Å². The Bertz CT molecular complexity index is 357. The van der Waals surface area contributed by atoms with Crippen molar-refractivity contribution < 1.29 is 0 Å². The molecule has 0 saturated carbocycles. The van der Waals surface area contributed by atoms with Crippen molar-refractivity contribution in [3.05, 3.63) is 48.6 Å². The fourth-order valence-corrected chi connectivity index (χ4v) is 2.75. The minimum atomic E-state index is 0.481. The summed E-state index contributed by atoms with van der Waals surface area (Å²) in [6, 6.07) is 11.3. The molecule has 0 heterocycles. The molecular weight excluding hydrogens is 256 g/mol. The van der Waals surface area contributed by atoms with Gasteiger partial charge in [-0.25, -0.2) is 0 Å². The number of likely N-dealkylation sites (N-methyl/N-ethyl adjacent to an activating group) is 1. The van der Waals surface area contributed by atoms with Gasteiger partial charge in [-0.1, -0.05) is 56.7 Å². The van der Waals surface area contributed by atoms with Crippen molar-refractivity contribution in [3.63, 3.8) is 0 Å². The van der Waals surface area contributed by atoms with Crippen LogP contribution in [0.3, 0.4) is 0 Å². The molecule has 1 aromatic carbocycles. The van der Waals surface area contributed by atoms with Crippen LogP contribution < -0.4 is 5.32 Å². The number of rotatable bonds is 12. The third-order valence-corrected chi connectivity index (χ3v) is 4.04.